The summed E-state index contributed by atoms with van der Waals surface area (Å²) in [6, 6.07) is 6.59. The van der Waals surface area contributed by atoms with E-state index in [0.29, 0.717) is 0 Å². The molecule has 0 aliphatic carbocycles. The predicted molar refractivity (Wildman–Crippen MR) is 90.3 cm³/mol. The molecule has 102 valence electrons. The molecule has 0 saturated heterocycles. The van der Waals surface area contributed by atoms with Gasteiger partial charge in [0.15, 0.2) is 0 Å². The Bertz CT molecular complexity index is 561. The van der Waals surface area contributed by atoms with Gasteiger partial charge in [-0.3, -0.25) is 4.68 Å². The van der Waals surface area contributed by atoms with Crippen LogP contribution in [-0.4, -0.2) is 16.3 Å². The largest absolute Gasteiger partial charge is 0.305 e. The zero-order valence-corrected chi connectivity index (χ0v) is 15.0. The lowest BCUT2D eigenvalue weighted by Crippen LogP contribution is -2.25. The SMILES string of the molecule is CCNC(c1cccc(C)c1I)c1c(Br)cnn1C. The van der Waals surface area contributed by atoms with Crippen LogP contribution >= 0.6 is 38.5 Å². The molecule has 0 fully saturated rings. The number of rotatable bonds is 4. The van der Waals surface area contributed by atoms with Crippen LogP contribution in [0.4, 0.5) is 0 Å². The molecule has 0 aliphatic rings. The van der Waals surface area contributed by atoms with Gasteiger partial charge in [-0.25, -0.2) is 0 Å². The smallest absolute Gasteiger partial charge is 0.0770 e. The highest BCUT2D eigenvalue weighted by Gasteiger charge is 2.22. The van der Waals surface area contributed by atoms with Gasteiger partial charge in [0.1, 0.15) is 0 Å². The van der Waals surface area contributed by atoms with E-state index in [0.717, 1.165) is 16.7 Å². The van der Waals surface area contributed by atoms with Crippen molar-refractivity contribution in [3.63, 3.8) is 0 Å². The van der Waals surface area contributed by atoms with Crippen LogP contribution in [-0.2, 0) is 7.05 Å². The summed E-state index contributed by atoms with van der Waals surface area (Å²) >= 11 is 6.03. The van der Waals surface area contributed by atoms with E-state index in [1.165, 1.54) is 14.7 Å². The van der Waals surface area contributed by atoms with Crippen molar-refractivity contribution < 1.29 is 0 Å². The average molecular weight is 434 g/mol. The number of hydrogen-bond acceptors (Lipinski definition) is 2. The normalized spacial score (nSPS) is 12.7. The number of aryl methyl sites for hydroxylation is 2. The van der Waals surface area contributed by atoms with Crippen LogP contribution in [0.1, 0.15) is 29.8 Å². The molecule has 0 aliphatic heterocycles. The molecule has 1 heterocycles. The van der Waals surface area contributed by atoms with Crippen LogP contribution in [0.2, 0.25) is 0 Å². The third-order valence-corrected chi connectivity index (χ3v) is 5.24. The second-order valence-corrected chi connectivity index (χ2v) is 6.40. The van der Waals surface area contributed by atoms with E-state index in [-0.39, 0.29) is 6.04 Å². The Morgan fingerprint density at radius 2 is 2.21 bits per heavy atom. The van der Waals surface area contributed by atoms with E-state index >= 15 is 0 Å². The van der Waals surface area contributed by atoms with E-state index in [1.807, 2.05) is 17.9 Å². The van der Waals surface area contributed by atoms with Crippen molar-refractivity contribution in [1.29, 1.82) is 0 Å². The van der Waals surface area contributed by atoms with E-state index in [1.54, 1.807) is 0 Å². The molecule has 3 nitrogen and oxygen atoms in total. The first-order chi connectivity index (χ1) is 9.06. The lowest BCUT2D eigenvalue weighted by atomic mass is 10.0. The zero-order valence-electron chi connectivity index (χ0n) is 11.2. The lowest BCUT2D eigenvalue weighted by Gasteiger charge is -2.21. The molecular weight excluding hydrogens is 417 g/mol. The molecule has 0 amide bonds. The maximum absolute atomic E-state index is 4.32. The van der Waals surface area contributed by atoms with Crippen LogP contribution in [0.3, 0.4) is 0 Å². The highest BCUT2D eigenvalue weighted by atomic mass is 127. The fourth-order valence-electron chi connectivity index (χ4n) is 2.20. The third kappa shape index (κ3) is 3.03. The molecule has 0 saturated carbocycles. The number of halogens is 2. The Balaban J connectivity index is 2.55. The van der Waals surface area contributed by atoms with Crippen LogP contribution < -0.4 is 5.32 Å². The Kier molecular flexibility index (Phi) is 5.03. The molecule has 1 unspecified atom stereocenters. The number of hydrogen-bond donors (Lipinski definition) is 1. The fourth-order valence-corrected chi connectivity index (χ4v) is 3.44. The average Bonchev–Trinajstić information content (AvgIpc) is 2.70. The summed E-state index contributed by atoms with van der Waals surface area (Å²) in [4.78, 5) is 0. The van der Waals surface area contributed by atoms with Crippen LogP contribution in [0.25, 0.3) is 0 Å². The molecule has 1 N–H and O–H groups in total. The maximum Gasteiger partial charge on any atom is 0.0770 e. The summed E-state index contributed by atoms with van der Waals surface area (Å²) in [6.07, 6.45) is 1.85. The van der Waals surface area contributed by atoms with E-state index in [9.17, 15) is 0 Å². The topological polar surface area (TPSA) is 29.9 Å². The monoisotopic (exact) mass is 433 g/mol. The number of nitrogens with zero attached hydrogens (tertiary/aromatic N) is 2. The predicted octanol–water partition coefficient (Wildman–Crippen LogP) is 3.79. The number of benzene rings is 1. The van der Waals surface area contributed by atoms with Gasteiger partial charge in [0.2, 0.25) is 0 Å². The molecule has 1 aromatic carbocycles. The van der Waals surface area contributed by atoms with Gasteiger partial charge < -0.3 is 5.32 Å². The Morgan fingerprint density at radius 3 is 2.79 bits per heavy atom. The first-order valence-corrected chi connectivity index (χ1v) is 8.09. The van der Waals surface area contributed by atoms with Crippen molar-refractivity contribution >= 4 is 38.5 Å². The molecule has 0 radical (unpaired) electrons. The molecule has 2 rings (SSSR count). The van der Waals surface area contributed by atoms with Crippen molar-refractivity contribution in [2.24, 2.45) is 7.05 Å². The standard InChI is InChI=1S/C14H17BrIN3/c1-4-17-13(14-11(15)8-18-19(14)3)10-7-5-6-9(2)12(10)16/h5-8,13,17H,4H2,1-3H3. The van der Waals surface area contributed by atoms with Crippen LogP contribution in [0.15, 0.2) is 28.9 Å². The second-order valence-electron chi connectivity index (χ2n) is 4.47. The molecule has 1 aromatic heterocycles. The van der Waals surface area contributed by atoms with Crippen molar-refractivity contribution in [2.45, 2.75) is 19.9 Å². The molecular formula is C14H17BrIN3. The van der Waals surface area contributed by atoms with Gasteiger partial charge in [-0.1, -0.05) is 25.1 Å². The summed E-state index contributed by atoms with van der Waals surface area (Å²) in [7, 11) is 1.98. The minimum absolute atomic E-state index is 0.152. The van der Waals surface area contributed by atoms with Gasteiger partial charge in [0.05, 0.1) is 22.4 Å². The van der Waals surface area contributed by atoms with Gasteiger partial charge in [-0.05, 0) is 63.1 Å². The first-order valence-electron chi connectivity index (χ1n) is 6.22. The van der Waals surface area contributed by atoms with Gasteiger partial charge >= 0.3 is 0 Å². The maximum atomic E-state index is 4.32. The molecule has 2 aromatic rings. The van der Waals surface area contributed by atoms with Gasteiger partial charge in [0.25, 0.3) is 0 Å². The Morgan fingerprint density at radius 1 is 1.47 bits per heavy atom. The fraction of sp³-hybridized carbons (Fsp3) is 0.357. The van der Waals surface area contributed by atoms with Crippen molar-refractivity contribution in [3.8, 4) is 0 Å². The highest BCUT2D eigenvalue weighted by molar-refractivity contribution is 14.1. The van der Waals surface area contributed by atoms with Crippen LogP contribution in [0, 0.1) is 10.5 Å². The number of nitrogens with one attached hydrogen (secondary N) is 1. The summed E-state index contributed by atoms with van der Waals surface area (Å²) in [5.41, 5.74) is 3.76. The minimum atomic E-state index is 0.152. The Hall–Kier alpha value is -0.400. The van der Waals surface area contributed by atoms with E-state index < -0.39 is 0 Å². The van der Waals surface area contributed by atoms with Crippen molar-refractivity contribution in [1.82, 2.24) is 15.1 Å². The lowest BCUT2D eigenvalue weighted by molar-refractivity contribution is 0.569. The summed E-state index contributed by atoms with van der Waals surface area (Å²) in [6.45, 7) is 5.18. The van der Waals surface area contributed by atoms with Crippen molar-refractivity contribution in [3.05, 3.63) is 49.3 Å². The minimum Gasteiger partial charge on any atom is -0.305 e. The molecule has 19 heavy (non-hydrogen) atoms. The van der Waals surface area contributed by atoms with Gasteiger partial charge in [0, 0.05) is 10.6 Å². The quantitative estimate of drug-likeness (QED) is 0.743. The number of aromatic nitrogens is 2. The third-order valence-electron chi connectivity index (χ3n) is 3.15. The highest BCUT2D eigenvalue weighted by Crippen LogP contribution is 2.31. The first kappa shape index (κ1) is 15.0. The van der Waals surface area contributed by atoms with E-state index in [2.05, 4.69) is 81.0 Å². The van der Waals surface area contributed by atoms with Gasteiger partial charge in [-0.15, -0.1) is 0 Å². The van der Waals surface area contributed by atoms with Gasteiger partial charge in [-0.2, -0.15) is 5.10 Å². The summed E-state index contributed by atoms with van der Waals surface area (Å²) in [5, 5.41) is 7.88. The summed E-state index contributed by atoms with van der Waals surface area (Å²) < 4.78 is 4.27. The molecule has 0 spiro atoms. The molecule has 5 heteroatoms. The van der Waals surface area contributed by atoms with E-state index in [4.69, 9.17) is 0 Å². The Labute approximate surface area is 136 Å². The summed E-state index contributed by atoms with van der Waals surface area (Å²) in [5.74, 6) is 0. The van der Waals surface area contributed by atoms with Crippen LogP contribution in [0.5, 0.6) is 0 Å². The second kappa shape index (κ2) is 6.37. The molecule has 0 bridgehead atoms. The molecule has 1 atom stereocenters. The van der Waals surface area contributed by atoms with Crippen molar-refractivity contribution in [2.75, 3.05) is 6.54 Å². The zero-order chi connectivity index (χ0) is 14.0.